The van der Waals surface area contributed by atoms with E-state index in [2.05, 4.69) is 4.52 Å². The van der Waals surface area contributed by atoms with Crippen molar-refractivity contribution < 1.29 is 19.1 Å². The second-order valence-electron chi connectivity index (χ2n) is 1.78. The predicted octanol–water partition coefficient (Wildman–Crippen LogP) is 0.418. The van der Waals surface area contributed by atoms with Crippen LogP contribution in [0.1, 0.15) is 0 Å². The van der Waals surface area contributed by atoms with E-state index in [1.165, 1.54) is 0 Å². The zero-order chi connectivity index (χ0) is 8.20. The number of hydrogen-bond acceptors (Lipinski definition) is 3. The van der Waals surface area contributed by atoms with Crippen molar-refractivity contribution in [2.75, 3.05) is 19.9 Å². The van der Waals surface area contributed by atoms with Gasteiger partial charge < -0.3 is 14.5 Å². The van der Waals surface area contributed by atoms with Crippen molar-refractivity contribution in [1.29, 1.82) is 0 Å². The summed E-state index contributed by atoms with van der Waals surface area (Å²) in [7, 11) is -2.41. The lowest BCUT2D eigenvalue weighted by atomic mass is 10.5. The van der Waals surface area contributed by atoms with E-state index in [0.29, 0.717) is 0 Å². The molecule has 0 heterocycles. The lowest BCUT2D eigenvalue weighted by molar-refractivity contribution is 0.283. The zero-order valence-corrected chi connectivity index (χ0v) is 7.18. The molecule has 10 heavy (non-hydrogen) atoms. The molecule has 0 amide bonds. The maximum absolute atomic E-state index is 10.7. The van der Waals surface area contributed by atoms with Crippen molar-refractivity contribution >= 4 is 19.2 Å². The van der Waals surface area contributed by atoms with E-state index in [4.69, 9.17) is 21.6 Å². The van der Waals surface area contributed by atoms with Crippen LogP contribution in [-0.4, -0.2) is 35.3 Å². The van der Waals surface area contributed by atoms with Crippen LogP contribution in [0.5, 0.6) is 0 Å². The first-order chi connectivity index (χ1) is 4.52. The summed E-state index contributed by atoms with van der Waals surface area (Å²) in [6, 6.07) is 0. The van der Waals surface area contributed by atoms with Crippen LogP contribution in [0.15, 0.2) is 0 Å². The third-order valence-electron chi connectivity index (χ3n) is 0.912. The summed E-state index contributed by atoms with van der Waals surface area (Å²) in [5.74, 6) is 0. The van der Waals surface area contributed by atoms with Gasteiger partial charge in [0.15, 0.2) is 0 Å². The molecule has 2 atom stereocenters. The first kappa shape index (κ1) is 10.4. The Morgan fingerprint density at radius 2 is 2.30 bits per heavy atom. The molecule has 0 fully saturated rings. The molecular weight excluding hydrogens is 178 g/mol. The Kier molecular flexibility index (Phi) is 4.49. The molecule has 4 nitrogen and oxygen atoms in total. The summed E-state index contributed by atoms with van der Waals surface area (Å²) in [5.41, 5.74) is 0. The molecule has 0 aliphatic heterocycles. The molecule has 0 spiro atoms. The third kappa shape index (κ3) is 4.25. The van der Waals surface area contributed by atoms with Gasteiger partial charge in [-0.15, -0.1) is 11.6 Å². The van der Waals surface area contributed by atoms with Gasteiger partial charge in [0.25, 0.3) is 0 Å². The smallest absolute Gasteiger partial charge is 0.329 e. The van der Waals surface area contributed by atoms with Crippen LogP contribution in [0.3, 0.4) is 0 Å². The SMILES string of the molecule is COP(=O)(O)CC(Cl)CO. The molecule has 0 bridgehead atoms. The molecule has 6 heteroatoms. The molecule has 0 aromatic heterocycles. The Morgan fingerprint density at radius 3 is 2.60 bits per heavy atom. The van der Waals surface area contributed by atoms with Gasteiger partial charge in [0, 0.05) is 7.11 Å². The van der Waals surface area contributed by atoms with E-state index in [1.54, 1.807) is 0 Å². The number of halogens is 1. The highest BCUT2D eigenvalue weighted by atomic mass is 35.5. The van der Waals surface area contributed by atoms with E-state index in [1.807, 2.05) is 0 Å². The second kappa shape index (κ2) is 4.31. The lowest BCUT2D eigenvalue weighted by Gasteiger charge is -2.10. The molecule has 0 aromatic rings. The number of aliphatic hydroxyl groups is 1. The minimum Gasteiger partial charge on any atom is -0.395 e. The molecular formula is C4H10ClO4P. The number of alkyl halides is 1. The van der Waals surface area contributed by atoms with Gasteiger partial charge in [0.1, 0.15) is 0 Å². The summed E-state index contributed by atoms with van der Waals surface area (Å²) in [4.78, 5) is 8.76. The van der Waals surface area contributed by atoms with Crippen molar-refractivity contribution in [3.63, 3.8) is 0 Å². The molecule has 0 saturated heterocycles. The quantitative estimate of drug-likeness (QED) is 0.496. The minimum absolute atomic E-state index is 0.221. The van der Waals surface area contributed by atoms with Crippen LogP contribution in [0.4, 0.5) is 0 Å². The van der Waals surface area contributed by atoms with Crippen LogP contribution in [0, 0.1) is 0 Å². The highest BCUT2D eigenvalue weighted by molar-refractivity contribution is 7.52. The first-order valence-electron chi connectivity index (χ1n) is 2.64. The Labute approximate surface area is 64.3 Å². The molecule has 0 saturated carbocycles. The number of rotatable bonds is 4. The van der Waals surface area contributed by atoms with Gasteiger partial charge in [-0.1, -0.05) is 0 Å². The number of aliphatic hydroxyl groups excluding tert-OH is 1. The fourth-order valence-electron chi connectivity index (χ4n) is 0.383. The predicted molar refractivity (Wildman–Crippen MR) is 38.4 cm³/mol. The Morgan fingerprint density at radius 1 is 1.80 bits per heavy atom. The summed E-state index contributed by atoms with van der Waals surface area (Å²) in [5, 5.41) is 7.66. The van der Waals surface area contributed by atoms with Crippen LogP contribution in [-0.2, 0) is 9.09 Å². The maximum Gasteiger partial charge on any atom is 0.329 e. The van der Waals surface area contributed by atoms with E-state index in [-0.39, 0.29) is 12.8 Å². The highest BCUT2D eigenvalue weighted by Crippen LogP contribution is 2.41. The normalized spacial score (nSPS) is 20.0. The minimum atomic E-state index is -3.54. The Hall–Kier alpha value is 0.400. The van der Waals surface area contributed by atoms with E-state index in [9.17, 15) is 4.57 Å². The van der Waals surface area contributed by atoms with E-state index >= 15 is 0 Å². The largest absolute Gasteiger partial charge is 0.395 e. The zero-order valence-electron chi connectivity index (χ0n) is 5.53. The van der Waals surface area contributed by atoms with Crippen molar-refractivity contribution in [1.82, 2.24) is 0 Å². The van der Waals surface area contributed by atoms with Crippen LogP contribution in [0.2, 0.25) is 0 Å². The van der Waals surface area contributed by atoms with Crippen molar-refractivity contribution in [3.8, 4) is 0 Å². The summed E-state index contributed by atoms with van der Waals surface area (Å²) < 4.78 is 14.9. The Balaban J connectivity index is 3.77. The average molecular weight is 189 g/mol. The van der Waals surface area contributed by atoms with E-state index in [0.717, 1.165) is 7.11 Å². The lowest BCUT2D eigenvalue weighted by Crippen LogP contribution is -2.11. The first-order valence-corrected chi connectivity index (χ1v) is 4.84. The van der Waals surface area contributed by atoms with E-state index < -0.39 is 13.0 Å². The van der Waals surface area contributed by atoms with Gasteiger partial charge in [-0.25, -0.2) is 0 Å². The summed E-state index contributed by atoms with van der Waals surface area (Å²) in [6.45, 7) is -0.324. The van der Waals surface area contributed by atoms with Crippen molar-refractivity contribution in [2.45, 2.75) is 5.38 Å². The fourth-order valence-corrected chi connectivity index (χ4v) is 1.67. The molecule has 2 unspecified atom stereocenters. The van der Waals surface area contributed by atoms with Crippen LogP contribution in [0.25, 0.3) is 0 Å². The van der Waals surface area contributed by atoms with Gasteiger partial charge >= 0.3 is 7.60 Å². The molecule has 0 aromatic carbocycles. The molecule has 0 radical (unpaired) electrons. The number of hydrogen-bond donors (Lipinski definition) is 2. The van der Waals surface area contributed by atoms with Crippen LogP contribution < -0.4 is 0 Å². The van der Waals surface area contributed by atoms with Gasteiger partial charge in [0.05, 0.1) is 18.1 Å². The van der Waals surface area contributed by atoms with Crippen LogP contribution >= 0.6 is 19.2 Å². The molecule has 0 aliphatic carbocycles. The van der Waals surface area contributed by atoms with Gasteiger partial charge in [0.2, 0.25) is 0 Å². The molecule has 0 aliphatic rings. The highest BCUT2D eigenvalue weighted by Gasteiger charge is 2.21. The summed E-state index contributed by atoms with van der Waals surface area (Å²) in [6.07, 6.45) is -0.221. The molecule has 62 valence electrons. The van der Waals surface area contributed by atoms with Gasteiger partial charge in [-0.3, -0.25) is 4.57 Å². The standard InChI is InChI=1S/C4H10ClO4P/c1-9-10(7,8)3-4(5)2-6/h4,6H,2-3H2,1H3,(H,7,8). The van der Waals surface area contributed by atoms with Gasteiger partial charge in [-0.2, -0.15) is 0 Å². The van der Waals surface area contributed by atoms with Crippen molar-refractivity contribution in [3.05, 3.63) is 0 Å². The average Bonchev–Trinajstić information content (AvgIpc) is 1.87. The fraction of sp³-hybridized carbons (Fsp3) is 1.00. The Bertz CT molecular complexity index is 139. The molecule has 0 rings (SSSR count). The third-order valence-corrected chi connectivity index (χ3v) is 2.89. The maximum atomic E-state index is 10.7. The second-order valence-corrected chi connectivity index (χ2v) is 4.40. The monoisotopic (exact) mass is 188 g/mol. The van der Waals surface area contributed by atoms with Crippen molar-refractivity contribution in [2.24, 2.45) is 0 Å². The molecule has 2 N–H and O–H groups in total. The summed E-state index contributed by atoms with van der Waals surface area (Å²) >= 11 is 5.37. The topological polar surface area (TPSA) is 66.8 Å². The van der Waals surface area contributed by atoms with Gasteiger partial charge in [-0.05, 0) is 0 Å².